The van der Waals surface area contributed by atoms with E-state index in [9.17, 15) is 48.9 Å². The standard InChI is InChI=1S/C39H45N9O11/c1-19(43-38(57)44-28(37(55)56)14-22-16-40-26-9-5-4-8-24(22)26)33(52)46-32(20(2)47(3)35(54)27-13-21-7-6-10-29(49)25(21)18-41-27)34(53)42-17-23-15-30(50)36(59-23)48-12-11-31(51)45-39(48)58/h4-12,16-17,19-20,27-28,30,32,36,40-41,49-50H,13-15,18H2,1-3H3,(H,42,53)(H,46,52)(H,55,56)(H2,43,44,57)(H,45,51,58)/b23-17-. The lowest BCUT2D eigenvalue weighted by molar-refractivity contribution is -0.139. The number of fused-ring (bicyclic) bond motifs is 2. The van der Waals surface area contributed by atoms with Gasteiger partial charge in [-0.2, -0.15) is 0 Å². The fourth-order valence-electron chi connectivity index (χ4n) is 7.04. The summed E-state index contributed by atoms with van der Waals surface area (Å²) in [7, 11) is 1.45. The lowest BCUT2D eigenvalue weighted by Gasteiger charge is -2.35. The Morgan fingerprint density at radius 3 is 2.51 bits per heavy atom. The number of carboxylic acid groups (broad SMARTS) is 1. The molecule has 7 unspecified atom stereocenters. The van der Waals surface area contributed by atoms with E-state index >= 15 is 0 Å². The van der Waals surface area contributed by atoms with Gasteiger partial charge in [0.25, 0.3) is 5.56 Å². The molecule has 0 saturated carbocycles. The van der Waals surface area contributed by atoms with Gasteiger partial charge in [-0.1, -0.05) is 30.3 Å². The average Bonchev–Trinajstić information content (AvgIpc) is 3.79. The largest absolute Gasteiger partial charge is 0.508 e. The number of urea groups is 1. The number of hydrogen-bond donors (Lipinski definition) is 10. The second kappa shape index (κ2) is 17.7. The minimum Gasteiger partial charge on any atom is -0.508 e. The van der Waals surface area contributed by atoms with Crippen LogP contribution in [0.5, 0.6) is 5.75 Å². The first-order valence-corrected chi connectivity index (χ1v) is 18.7. The normalized spacial score (nSPS) is 20.0. The van der Waals surface area contributed by atoms with Gasteiger partial charge in [0.05, 0.1) is 12.1 Å². The van der Waals surface area contributed by atoms with E-state index in [0.29, 0.717) is 11.1 Å². The molecule has 6 rings (SSSR count). The van der Waals surface area contributed by atoms with Crippen molar-refractivity contribution in [2.24, 2.45) is 0 Å². The molecule has 1 fully saturated rings. The van der Waals surface area contributed by atoms with Gasteiger partial charge in [-0.3, -0.25) is 28.7 Å². The summed E-state index contributed by atoms with van der Waals surface area (Å²) in [6, 6.07) is 6.51. The summed E-state index contributed by atoms with van der Waals surface area (Å²) in [4.78, 5) is 96.7. The molecule has 0 radical (unpaired) electrons. The Balaban J connectivity index is 1.15. The van der Waals surface area contributed by atoms with Gasteiger partial charge >= 0.3 is 17.7 Å². The molecule has 0 bridgehead atoms. The van der Waals surface area contributed by atoms with Crippen LogP contribution in [0.1, 0.15) is 43.2 Å². The summed E-state index contributed by atoms with van der Waals surface area (Å²) >= 11 is 0. The number of aromatic nitrogens is 3. The van der Waals surface area contributed by atoms with Crippen LogP contribution in [-0.4, -0.2) is 108 Å². The maximum absolute atomic E-state index is 13.9. The third-order valence-corrected chi connectivity index (χ3v) is 10.5. The minimum atomic E-state index is -1.46. The van der Waals surface area contributed by atoms with E-state index in [-0.39, 0.29) is 37.3 Å². The van der Waals surface area contributed by atoms with E-state index < -0.39 is 83.5 Å². The van der Waals surface area contributed by atoms with Gasteiger partial charge in [-0.25, -0.2) is 14.4 Å². The van der Waals surface area contributed by atoms with Gasteiger partial charge < -0.3 is 56.5 Å². The molecule has 4 aromatic rings. The summed E-state index contributed by atoms with van der Waals surface area (Å²) in [5, 5.41) is 44.6. The smallest absolute Gasteiger partial charge is 0.331 e. The van der Waals surface area contributed by atoms with Crippen LogP contribution in [-0.2, 0) is 43.3 Å². The molecule has 59 heavy (non-hydrogen) atoms. The lowest BCUT2D eigenvalue weighted by atomic mass is 9.94. The van der Waals surface area contributed by atoms with Crippen LogP contribution < -0.4 is 37.8 Å². The topological polar surface area (TPSA) is 289 Å². The molecule has 2 aromatic heterocycles. The predicted octanol–water partition coefficient (Wildman–Crippen LogP) is -0.609. The Morgan fingerprint density at radius 1 is 1.00 bits per heavy atom. The van der Waals surface area contributed by atoms with E-state index in [1.54, 1.807) is 30.5 Å². The highest BCUT2D eigenvalue weighted by Gasteiger charge is 2.37. The van der Waals surface area contributed by atoms with Crippen molar-refractivity contribution in [1.82, 2.24) is 46.0 Å². The number of amides is 5. The molecule has 7 atom stereocenters. The molecule has 2 aliphatic heterocycles. The number of H-pyrrole nitrogens is 2. The third-order valence-electron chi connectivity index (χ3n) is 10.5. The molecular formula is C39H45N9O11. The monoisotopic (exact) mass is 815 g/mol. The Hall–Kier alpha value is -6.93. The lowest BCUT2D eigenvalue weighted by Crippen LogP contribution is -2.62. The van der Waals surface area contributed by atoms with Crippen molar-refractivity contribution in [2.75, 3.05) is 7.05 Å². The van der Waals surface area contributed by atoms with Gasteiger partial charge in [0, 0.05) is 67.6 Å². The number of aromatic hydroxyl groups is 1. The number of phenolic OH excluding ortho intramolecular Hbond substituents is 1. The van der Waals surface area contributed by atoms with Crippen molar-refractivity contribution in [3.05, 3.63) is 110 Å². The molecule has 5 amide bonds. The number of aliphatic carboxylic acids is 1. The zero-order chi connectivity index (χ0) is 42.5. The number of carboxylic acids is 1. The van der Waals surface area contributed by atoms with Crippen molar-refractivity contribution in [3.8, 4) is 5.75 Å². The first-order valence-electron chi connectivity index (χ1n) is 18.7. The third kappa shape index (κ3) is 9.45. The number of carbonyl (C=O) groups is 5. The Morgan fingerprint density at radius 2 is 1.76 bits per heavy atom. The quantitative estimate of drug-likeness (QED) is 0.0809. The summed E-state index contributed by atoms with van der Waals surface area (Å²) in [5.74, 6) is -3.26. The maximum Gasteiger partial charge on any atom is 0.331 e. The van der Waals surface area contributed by atoms with Gasteiger partial charge in [-0.15, -0.1) is 0 Å². The zero-order valence-corrected chi connectivity index (χ0v) is 32.2. The summed E-state index contributed by atoms with van der Waals surface area (Å²) in [5.41, 5.74) is 1.40. The molecular weight excluding hydrogens is 770 g/mol. The van der Waals surface area contributed by atoms with Gasteiger partial charge in [0.2, 0.25) is 23.9 Å². The number of rotatable bonds is 13. The first kappa shape index (κ1) is 41.7. The van der Waals surface area contributed by atoms with Crippen molar-refractivity contribution in [2.45, 2.75) is 82.2 Å². The van der Waals surface area contributed by atoms with Crippen molar-refractivity contribution >= 4 is 40.6 Å². The molecule has 0 aliphatic carbocycles. The highest BCUT2D eigenvalue weighted by Crippen LogP contribution is 2.30. The molecule has 2 aliphatic rings. The second-order valence-electron chi connectivity index (χ2n) is 14.4. The molecule has 20 heteroatoms. The first-order chi connectivity index (χ1) is 28.1. The molecule has 2 aromatic carbocycles. The van der Waals surface area contributed by atoms with Crippen LogP contribution in [0.2, 0.25) is 0 Å². The number of para-hydroxylation sites is 1. The van der Waals surface area contributed by atoms with Gasteiger partial charge in [0.1, 0.15) is 35.7 Å². The van der Waals surface area contributed by atoms with E-state index in [0.717, 1.165) is 39.5 Å². The van der Waals surface area contributed by atoms with E-state index in [1.807, 2.05) is 18.2 Å². The summed E-state index contributed by atoms with van der Waals surface area (Å²) < 4.78 is 6.68. The van der Waals surface area contributed by atoms with Crippen LogP contribution >= 0.6 is 0 Å². The number of aromatic amines is 2. The van der Waals surface area contributed by atoms with Crippen LogP contribution in [0.15, 0.2) is 82.5 Å². The van der Waals surface area contributed by atoms with Crippen molar-refractivity contribution in [1.29, 1.82) is 0 Å². The number of aliphatic hydroxyl groups is 1. The molecule has 312 valence electrons. The molecule has 10 N–H and O–H groups in total. The van der Waals surface area contributed by atoms with Gasteiger partial charge in [-0.05, 0) is 43.5 Å². The van der Waals surface area contributed by atoms with Crippen LogP contribution in [0.3, 0.4) is 0 Å². The number of ether oxygens (including phenoxy) is 1. The average molecular weight is 816 g/mol. The Labute approximate surface area is 335 Å². The number of nitrogens with one attached hydrogen (secondary N) is 7. The number of phenols is 1. The van der Waals surface area contributed by atoms with Crippen LogP contribution in [0.4, 0.5) is 4.79 Å². The summed E-state index contributed by atoms with van der Waals surface area (Å²) in [6.07, 6.45) is 1.52. The van der Waals surface area contributed by atoms with E-state index in [4.69, 9.17) is 4.74 Å². The highest BCUT2D eigenvalue weighted by molar-refractivity contribution is 5.94. The molecule has 4 heterocycles. The molecule has 0 spiro atoms. The number of likely N-dealkylation sites (N-methyl/N-ethyl adjacent to an activating group) is 1. The number of benzene rings is 2. The van der Waals surface area contributed by atoms with Gasteiger partial charge in [0.15, 0.2) is 0 Å². The SMILES string of the molecule is CC(NC(=O)NC(Cc1c[nH]c2ccccc12)C(=O)O)C(=O)NC(C(=O)N/C=C1/CC(O)C(n2ccc(=O)[nH]c2=O)O1)C(C)N(C)C(=O)C1Cc2cccc(O)c2CN1. The maximum atomic E-state index is 13.9. The molecule has 20 nitrogen and oxygen atoms in total. The van der Waals surface area contributed by atoms with Crippen LogP contribution in [0.25, 0.3) is 10.9 Å². The Bertz CT molecular complexity index is 2410. The zero-order valence-electron chi connectivity index (χ0n) is 32.2. The van der Waals surface area contributed by atoms with Crippen molar-refractivity contribution in [3.63, 3.8) is 0 Å². The number of hydrogen-bond acceptors (Lipinski definition) is 11. The van der Waals surface area contributed by atoms with Crippen LogP contribution in [0, 0.1) is 0 Å². The number of aliphatic hydroxyl groups excluding tert-OH is 1. The summed E-state index contributed by atoms with van der Waals surface area (Å²) in [6.45, 7) is 3.06. The second-order valence-corrected chi connectivity index (χ2v) is 14.4. The fourth-order valence-corrected chi connectivity index (χ4v) is 7.04. The highest BCUT2D eigenvalue weighted by atomic mass is 16.5. The van der Waals surface area contributed by atoms with Crippen molar-refractivity contribution < 1.29 is 44.0 Å². The number of carbonyl (C=O) groups excluding carboxylic acids is 4. The molecule has 1 saturated heterocycles. The number of nitrogens with zero attached hydrogens (tertiary/aromatic N) is 2. The van der Waals surface area contributed by atoms with E-state index in [2.05, 4.69) is 36.6 Å². The van der Waals surface area contributed by atoms with E-state index in [1.165, 1.54) is 25.8 Å². The predicted molar refractivity (Wildman–Crippen MR) is 209 cm³/mol. The minimum absolute atomic E-state index is 0.0526. The Kier molecular flexibility index (Phi) is 12.5. The fraction of sp³-hybridized carbons (Fsp3) is 0.359.